The molecule has 0 amide bonds. The van der Waals surface area contributed by atoms with Crippen LogP contribution in [0.25, 0.3) is 0 Å². The number of hydrogen-bond donors (Lipinski definition) is 1. The lowest BCUT2D eigenvalue weighted by Crippen LogP contribution is -2.40. The minimum atomic E-state index is -0.493. The van der Waals surface area contributed by atoms with Crippen LogP contribution in [0.2, 0.25) is 0 Å². The van der Waals surface area contributed by atoms with Crippen LogP contribution in [0, 0.1) is 0 Å². The molecule has 0 aliphatic heterocycles. The van der Waals surface area contributed by atoms with Gasteiger partial charge in [0.05, 0.1) is 5.60 Å². The van der Waals surface area contributed by atoms with Crippen LogP contribution in [-0.2, 0) is 4.74 Å². The van der Waals surface area contributed by atoms with Gasteiger partial charge in [0.1, 0.15) is 6.10 Å². The molecule has 2 saturated carbocycles. The number of methoxy groups -OCH3 is 1. The molecule has 0 heterocycles. The predicted molar refractivity (Wildman–Crippen MR) is 80.8 cm³/mol. The van der Waals surface area contributed by atoms with Gasteiger partial charge in [-0.1, -0.05) is 49.9 Å². The molecule has 1 unspecified atom stereocenters. The average Bonchev–Trinajstić information content (AvgIpc) is 2.46. The van der Waals surface area contributed by atoms with Gasteiger partial charge in [0.15, 0.2) is 0 Å². The Labute approximate surface area is 122 Å². The van der Waals surface area contributed by atoms with E-state index in [1.807, 2.05) is 0 Å². The lowest BCUT2D eigenvalue weighted by atomic mass is 9.76. The molecule has 1 aromatic carbocycles. The van der Waals surface area contributed by atoms with Crippen LogP contribution in [0.5, 0.6) is 0 Å². The molecule has 2 nitrogen and oxygen atoms in total. The molecule has 0 aromatic heterocycles. The van der Waals surface area contributed by atoms with Gasteiger partial charge in [0.2, 0.25) is 0 Å². The molecule has 110 valence electrons. The van der Waals surface area contributed by atoms with Gasteiger partial charge in [0.25, 0.3) is 0 Å². The highest BCUT2D eigenvalue weighted by Gasteiger charge is 2.40. The Morgan fingerprint density at radius 3 is 2.50 bits per heavy atom. The van der Waals surface area contributed by atoms with Gasteiger partial charge in [-0.15, -0.1) is 0 Å². The second kappa shape index (κ2) is 5.87. The fraction of sp³-hybridized carbons (Fsp3) is 0.667. The predicted octanol–water partition coefficient (Wildman–Crippen LogP) is 4.34. The van der Waals surface area contributed by atoms with Gasteiger partial charge in [0, 0.05) is 7.11 Å². The standard InChI is InChI=1S/C18H26O2/c1-20-18(11-3-2-4-12-18)17(19)16-10-6-9-15(13-16)14-7-5-8-14/h6,9-10,13-14,17,19H,2-5,7-8,11-12H2,1H3. The van der Waals surface area contributed by atoms with Crippen molar-refractivity contribution < 1.29 is 9.84 Å². The van der Waals surface area contributed by atoms with Gasteiger partial charge < -0.3 is 9.84 Å². The Balaban J connectivity index is 1.83. The molecule has 20 heavy (non-hydrogen) atoms. The SMILES string of the molecule is COC1(C(O)c2cccc(C3CCC3)c2)CCCCC1. The lowest BCUT2D eigenvalue weighted by molar-refractivity contribution is -0.125. The van der Waals surface area contributed by atoms with Crippen molar-refractivity contribution in [2.45, 2.75) is 69.0 Å². The molecule has 1 atom stereocenters. The van der Waals surface area contributed by atoms with Gasteiger partial charge >= 0.3 is 0 Å². The Bertz CT molecular complexity index is 444. The summed E-state index contributed by atoms with van der Waals surface area (Å²) < 4.78 is 5.79. The average molecular weight is 274 g/mol. The van der Waals surface area contributed by atoms with E-state index in [1.165, 1.54) is 31.2 Å². The van der Waals surface area contributed by atoms with Crippen LogP contribution in [0.4, 0.5) is 0 Å². The summed E-state index contributed by atoms with van der Waals surface area (Å²) in [6.45, 7) is 0. The van der Waals surface area contributed by atoms with Gasteiger partial charge in [-0.2, -0.15) is 0 Å². The number of ether oxygens (including phenoxy) is 1. The van der Waals surface area contributed by atoms with Gasteiger partial charge in [-0.25, -0.2) is 0 Å². The van der Waals surface area contributed by atoms with E-state index in [1.54, 1.807) is 7.11 Å². The topological polar surface area (TPSA) is 29.5 Å². The molecular weight excluding hydrogens is 248 g/mol. The van der Waals surface area contributed by atoms with E-state index in [2.05, 4.69) is 24.3 Å². The highest BCUT2D eigenvalue weighted by molar-refractivity contribution is 5.30. The summed E-state index contributed by atoms with van der Waals surface area (Å²) in [6, 6.07) is 8.57. The quantitative estimate of drug-likeness (QED) is 0.885. The maximum Gasteiger partial charge on any atom is 0.108 e. The highest BCUT2D eigenvalue weighted by Crippen LogP contribution is 2.42. The normalized spacial score (nSPS) is 24.1. The summed E-state index contributed by atoms with van der Waals surface area (Å²) in [7, 11) is 1.75. The van der Waals surface area contributed by atoms with Crippen LogP contribution < -0.4 is 0 Å². The summed E-state index contributed by atoms with van der Waals surface area (Å²) in [5.74, 6) is 0.715. The van der Waals surface area contributed by atoms with Crippen LogP contribution in [-0.4, -0.2) is 17.8 Å². The molecule has 3 rings (SSSR count). The Morgan fingerprint density at radius 1 is 1.15 bits per heavy atom. The van der Waals surface area contributed by atoms with Crippen molar-refractivity contribution in [3.8, 4) is 0 Å². The van der Waals surface area contributed by atoms with Crippen LogP contribution in [0.15, 0.2) is 24.3 Å². The van der Waals surface area contributed by atoms with Crippen molar-refractivity contribution >= 4 is 0 Å². The first kappa shape index (κ1) is 14.1. The van der Waals surface area contributed by atoms with Crippen molar-refractivity contribution in [1.29, 1.82) is 0 Å². The summed E-state index contributed by atoms with van der Waals surface area (Å²) in [6.07, 6.45) is 8.98. The molecule has 0 saturated heterocycles. The highest BCUT2D eigenvalue weighted by atomic mass is 16.5. The Morgan fingerprint density at radius 2 is 1.90 bits per heavy atom. The fourth-order valence-corrected chi connectivity index (χ4v) is 3.77. The molecule has 2 heteroatoms. The molecule has 2 aliphatic rings. The smallest absolute Gasteiger partial charge is 0.108 e. The molecule has 0 spiro atoms. The minimum absolute atomic E-state index is 0.365. The van der Waals surface area contributed by atoms with E-state index in [-0.39, 0.29) is 5.60 Å². The van der Waals surface area contributed by atoms with Gasteiger partial charge in [-0.3, -0.25) is 0 Å². The van der Waals surface area contributed by atoms with E-state index in [0.29, 0.717) is 5.92 Å². The van der Waals surface area contributed by atoms with E-state index in [9.17, 15) is 5.11 Å². The van der Waals surface area contributed by atoms with E-state index in [4.69, 9.17) is 4.74 Å². The van der Waals surface area contributed by atoms with Crippen molar-refractivity contribution in [3.05, 3.63) is 35.4 Å². The summed E-state index contributed by atoms with van der Waals surface area (Å²) in [5.41, 5.74) is 2.07. The maximum atomic E-state index is 10.9. The van der Waals surface area contributed by atoms with Crippen molar-refractivity contribution in [1.82, 2.24) is 0 Å². The number of rotatable bonds is 4. The monoisotopic (exact) mass is 274 g/mol. The summed E-state index contributed by atoms with van der Waals surface area (Å²) >= 11 is 0. The first-order valence-electron chi connectivity index (χ1n) is 8.08. The third-order valence-electron chi connectivity index (χ3n) is 5.41. The van der Waals surface area contributed by atoms with Crippen molar-refractivity contribution in [3.63, 3.8) is 0 Å². The zero-order valence-electron chi connectivity index (χ0n) is 12.5. The lowest BCUT2D eigenvalue weighted by Gasteiger charge is -2.40. The van der Waals surface area contributed by atoms with Crippen LogP contribution in [0.3, 0.4) is 0 Å². The van der Waals surface area contributed by atoms with E-state index in [0.717, 1.165) is 31.2 Å². The van der Waals surface area contributed by atoms with E-state index >= 15 is 0 Å². The second-order valence-electron chi connectivity index (χ2n) is 6.53. The number of hydrogen-bond acceptors (Lipinski definition) is 2. The molecule has 2 fully saturated rings. The van der Waals surface area contributed by atoms with Gasteiger partial charge in [-0.05, 0) is 42.7 Å². The molecule has 1 N–H and O–H groups in total. The fourth-order valence-electron chi connectivity index (χ4n) is 3.77. The Kier molecular flexibility index (Phi) is 4.13. The molecule has 1 aromatic rings. The third kappa shape index (κ3) is 2.51. The van der Waals surface area contributed by atoms with Crippen LogP contribution >= 0.6 is 0 Å². The second-order valence-corrected chi connectivity index (χ2v) is 6.53. The summed E-state index contributed by atoms with van der Waals surface area (Å²) in [5, 5.41) is 10.9. The van der Waals surface area contributed by atoms with Crippen LogP contribution in [0.1, 0.15) is 74.5 Å². The summed E-state index contributed by atoms with van der Waals surface area (Å²) in [4.78, 5) is 0. The third-order valence-corrected chi connectivity index (χ3v) is 5.41. The minimum Gasteiger partial charge on any atom is -0.385 e. The zero-order chi connectivity index (χ0) is 14.0. The van der Waals surface area contributed by atoms with Crippen molar-refractivity contribution in [2.24, 2.45) is 0 Å². The van der Waals surface area contributed by atoms with Crippen molar-refractivity contribution in [2.75, 3.05) is 7.11 Å². The molecule has 2 aliphatic carbocycles. The first-order chi connectivity index (χ1) is 9.75. The number of benzene rings is 1. The number of aliphatic hydroxyl groups is 1. The molecule has 0 bridgehead atoms. The first-order valence-corrected chi connectivity index (χ1v) is 8.08. The van der Waals surface area contributed by atoms with E-state index < -0.39 is 6.10 Å². The zero-order valence-corrected chi connectivity index (χ0v) is 12.5. The largest absolute Gasteiger partial charge is 0.385 e. The Hall–Kier alpha value is -0.860. The molecule has 0 radical (unpaired) electrons. The maximum absolute atomic E-state index is 10.9. The number of aliphatic hydroxyl groups excluding tert-OH is 1. The molecular formula is C18H26O2.